The molecule has 0 bridgehead atoms. The van der Waals surface area contributed by atoms with Crippen molar-refractivity contribution in [3.8, 4) is 22.3 Å². The average molecular weight is 719 g/mol. The lowest BCUT2D eigenvalue weighted by atomic mass is 9.54. The molecule has 55 heavy (non-hydrogen) atoms. The Hall–Kier alpha value is -6.36. The summed E-state index contributed by atoms with van der Waals surface area (Å²) in [6.45, 7) is 4.41. The molecule has 12 rings (SSSR count). The topological polar surface area (TPSA) is 15.3 Å². The van der Waals surface area contributed by atoms with E-state index in [4.69, 9.17) is 0 Å². The van der Waals surface area contributed by atoms with Gasteiger partial charge < -0.3 is 10.2 Å². The van der Waals surface area contributed by atoms with Crippen LogP contribution < -0.4 is 21.1 Å². The average Bonchev–Trinajstić information content (AvgIpc) is 3.75. The van der Waals surface area contributed by atoms with Crippen molar-refractivity contribution in [3.05, 3.63) is 197 Å². The minimum Gasteiger partial charge on any atom is -0.354 e. The van der Waals surface area contributed by atoms with Crippen LogP contribution >= 0.6 is 11.3 Å². The van der Waals surface area contributed by atoms with Gasteiger partial charge >= 0.3 is 0 Å². The maximum absolute atomic E-state index is 3.97. The molecule has 0 atom stereocenters. The molecule has 1 aromatic heterocycles. The molecule has 0 radical (unpaired) electrons. The van der Waals surface area contributed by atoms with Crippen molar-refractivity contribution in [2.24, 2.45) is 0 Å². The predicted molar refractivity (Wildman–Crippen MR) is 236 cm³/mol. The Morgan fingerprint density at radius 1 is 0.527 bits per heavy atom. The zero-order chi connectivity index (χ0) is 36.4. The van der Waals surface area contributed by atoms with Crippen molar-refractivity contribution in [1.29, 1.82) is 0 Å². The van der Waals surface area contributed by atoms with E-state index in [0.29, 0.717) is 0 Å². The van der Waals surface area contributed by atoms with E-state index in [9.17, 15) is 0 Å². The van der Waals surface area contributed by atoms with Gasteiger partial charge in [0.1, 0.15) is 0 Å². The molecule has 0 amide bonds. The standard InChI is InChI=1S/C51H35BN2S/c1-30-22-24-32(25-23-30)53-49-35(26-27-46-47(49)36-14-5-10-21-45(36)55-46)37-28-31(2)29-44-48(37)52-42-19-11-18-41-50(42)54(44)43-20-9-8-17-40(43)51(41)38-15-6-3-12-33(38)34-13-4-7-16-39(34)51/h3-29,52-53H,1-2H3. The Bertz CT molecular complexity index is 3040. The predicted octanol–water partition coefficient (Wildman–Crippen LogP) is 11.9. The van der Waals surface area contributed by atoms with Crippen molar-refractivity contribution >= 4 is 78.2 Å². The van der Waals surface area contributed by atoms with Crippen LogP contribution in [0.5, 0.6) is 0 Å². The Labute approximate surface area is 325 Å². The first kappa shape index (κ1) is 31.0. The van der Waals surface area contributed by atoms with Gasteiger partial charge in [-0.1, -0.05) is 138 Å². The number of anilines is 5. The molecule has 0 saturated carbocycles. The lowest BCUT2D eigenvalue weighted by Gasteiger charge is -2.48. The smallest absolute Gasteiger partial charge is 0.198 e. The number of nitrogens with zero attached hydrogens (tertiary/aromatic N) is 1. The Morgan fingerprint density at radius 2 is 1.22 bits per heavy atom. The molecule has 8 aromatic carbocycles. The van der Waals surface area contributed by atoms with E-state index >= 15 is 0 Å². The van der Waals surface area contributed by atoms with Crippen LogP contribution in [0.1, 0.15) is 33.4 Å². The summed E-state index contributed by atoms with van der Waals surface area (Å²) in [5.41, 5.74) is 21.6. The zero-order valence-corrected chi connectivity index (χ0v) is 31.5. The fourth-order valence-corrected chi connectivity index (χ4v) is 11.3. The molecule has 0 unspecified atom stereocenters. The summed E-state index contributed by atoms with van der Waals surface area (Å²) in [4.78, 5) is 2.61. The fraction of sp³-hybridized carbons (Fsp3) is 0.0588. The van der Waals surface area contributed by atoms with Crippen LogP contribution in [0.25, 0.3) is 42.4 Å². The number of aryl methyl sites for hydroxylation is 2. The molecule has 0 fully saturated rings. The van der Waals surface area contributed by atoms with E-state index in [1.165, 1.54) is 109 Å². The van der Waals surface area contributed by atoms with Crippen molar-refractivity contribution < 1.29 is 0 Å². The molecule has 9 aromatic rings. The van der Waals surface area contributed by atoms with Crippen LogP contribution in [0.3, 0.4) is 0 Å². The van der Waals surface area contributed by atoms with Crippen LogP contribution in [0.15, 0.2) is 164 Å². The molecule has 4 heteroatoms. The first-order valence-electron chi connectivity index (χ1n) is 19.2. The lowest BCUT2D eigenvalue weighted by molar-refractivity contribution is 0.753. The van der Waals surface area contributed by atoms with E-state index in [1.54, 1.807) is 0 Å². The molecule has 3 heterocycles. The third-order valence-electron chi connectivity index (χ3n) is 12.4. The number of hydrogen-bond acceptors (Lipinski definition) is 3. The summed E-state index contributed by atoms with van der Waals surface area (Å²) in [5.74, 6) is 0. The summed E-state index contributed by atoms with van der Waals surface area (Å²) in [5, 5.41) is 6.55. The van der Waals surface area contributed by atoms with E-state index in [0.717, 1.165) is 13.0 Å². The van der Waals surface area contributed by atoms with Crippen molar-refractivity contribution in [2.75, 3.05) is 10.2 Å². The second-order valence-corrected chi connectivity index (χ2v) is 16.5. The first-order valence-corrected chi connectivity index (χ1v) is 20.0. The molecule has 0 saturated heterocycles. The SMILES string of the molecule is Cc1ccc(Nc2c(-c3cc(C)cc4c3Bc3cccc5c3N4c3ccccc3C53c4ccccc4-c4ccccc43)ccc3sc4ccccc4c23)cc1. The molecular formula is C51H35BN2S. The minimum atomic E-state index is -0.411. The van der Waals surface area contributed by atoms with Gasteiger partial charge in [-0.25, -0.2) is 0 Å². The van der Waals surface area contributed by atoms with Crippen LogP contribution in [-0.4, -0.2) is 7.28 Å². The number of benzene rings is 8. The molecular weight excluding hydrogens is 683 g/mol. The van der Waals surface area contributed by atoms with E-state index in [1.807, 2.05) is 11.3 Å². The second kappa shape index (κ2) is 11.3. The molecule has 258 valence electrons. The number of para-hydroxylation sites is 2. The number of fused-ring (bicyclic) bond motifs is 14. The van der Waals surface area contributed by atoms with Crippen LogP contribution in [0.4, 0.5) is 28.4 Å². The van der Waals surface area contributed by atoms with Gasteiger partial charge in [-0.3, -0.25) is 0 Å². The van der Waals surface area contributed by atoms with Gasteiger partial charge in [-0.05, 0) is 100 Å². The van der Waals surface area contributed by atoms with Crippen LogP contribution in [-0.2, 0) is 5.41 Å². The molecule has 1 aliphatic carbocycles. The summed E-state index contributed by atoms with van der Waals surface area (Å²) >= 11 is 1.87. The second-order valence-electron chi connectivity index (χ2n) is 15.4. The first-order chi connectivity index (χ1) is 27.1. The number of rotatable bonds is 3. The van der Waals surface area contributed by atoms with E-state index in [-0.39, 0.29) is 0 Å². The Balaban J connectivity index is 1.14. The molecule has 2 aliphatic heterocycles. The van der Waals surface area contributed by atoms with Gasteiger partial charge in [0, 0.05) is 42.8 Å². The summed E-state index contributed by atoms with van der Waals surface area (Å²) < 4.78 is 2.60. The zero-order valence-electron chi connectivity index (χ0n) is 30.7. The fourth-order valence-electron chi connectivity index (χ4n) is 10.2. The highest BCUT2D eigenvalue weighted by Crippen LogP contribution is 2.63. The van der Waals surface area contributed by atoms with E-state index < -0.39 is 5.41 Å². The van der Waals surface area contributed by atoms with Crippen molar-refractivity contribution in [2.45, 2.75) is 19.3 Å². The van der Waals surface area contributed by atoms with Crippen molar-refractivity contribution in [1.82, 2.24) is 0 Å². The highest BCUT2D eigenvalue weighted by atomic mass is 32.1. The maximum Gasteiger partial charge on any atom is 0.198 e. The largest absolute Gasteiger partial charge is 0.354 e. The normalized spacial score (nSPS) is 13.9. The summed E-state index contributed by atoms with van der Waals surface area (Å²) in [7, 11) is 0.846. The summed E-state index contributed by atoms with van der Waals surface area (Å²) in [6, 6.07) is 61.6. The molecule has 3 aliphatic rings. The van der Waals surface area contributed by atoms with Gasteiger partial charge in [-0.15, -0.1) is 11.3 Å². The number of nitrogens with one attached hydrogen (secondary N) is 1. The highest BCUT2D eigenvalue weighted by molar-refractivity contribution is 7.26. The molecule has 1 N–H and O–H groups in total. The van der Waals surface area contributed by atoms with Crippen LogP contribution in [0, 0.1) is 13.8 Å². The Morgan fingerprint density at radius 3 is 2.02 bits per heavy atom. The quantitative estimate of drug-likeness (QED) is 0.183. The van der Waals surface area contributed by atoms with Crippen LogP contribution in [0.2, 0.25) is 0 Å². The number of thiophene rings is 1. The third kappa shape index (κ3) is 4.15. The molecule has 2 nitrogen and oxygen atoms in total. The van der Waals surface area contributed by atoms with Gasteiger partial charge in [0.05, 0.1) is 16.8 Å². The lowest BCUT2D eigenvalue weighted by Crippen LogP contribution is -2.47. The van der Waals surface area contributed by atoms with Crippen molar-refractivity contribution in [3.63, 3.8) is 0 Å². The van der Waals surface area contributed by atoms with Gasteiger partial charge in [0.2, 0.25) is 0 Å². The van der Waals surface area contributed by atoms with Gasteiger partial charge in [0.25, 0.3) is 0 Å². The Kier molecular flexibility index (Phi) is 6.40. The maximum atomic E-state index is 3.97. The monoisotopic (exact) mass is 718 g/mol. The highest BCUT2D eigenvalue weighted by Gasteiger charge is 2.52. The number of hydrogen-bond donors (Lipinski definition) is 1. The summed E-state index contributed by atoms with van der Waals surface area (Å²) in [6.07, 6.45) is 0. The van der Waals surface area contributed by atoms with Gasteiger partial charge in [-0.2, -0.15) is 0 Å². The molecule has 1 spiro atoms. The third-order valence-corrected chi connectivity index (χ3v) is 13.5. The minimum absolute atomic E-state index is 0.411. The van der Waals surface area contributed by atoms with Gasteiger partial charge in [0.15, 0.2) is 7.28 Å². The van der Waals surface area contributed by atoms with E-state index in [2.05, 4.69) is 188 Å².